The molecule has 0 fully saturated rings. The monoisotopic (exact) mass is 1440 g/mol. The van der Waals surface area contributed by atoms with Crippen LogP contribution in [0.25, 0.3) is 217 Å². The van der Waals surface area contributed by atoms with Gasteiger partial charge in [-0.1, -0.05) is 297 Å². The summed E-state index contributed by atoms with van der Waals surface area (Å²) >= 11 is 0. The zero-order valence-electron chi connectivity index (χ0n) is 60.8. The molecule has 0 unspecified atom stereocenters. The first-order valence-corrected chi connectivity index (χ1v) is 38.2. The van der Waals surface area contributed by atoms with Crippen LogP contribution in [0.5, 0.6) is 0 Å². The Labute approximate surface area is 647 Å². The summed E-state index contributed by atoms with van der Waals surface area (Å²) in [4.78, 5) is 35.3. The minimum Gasteiger partial charge on any atom is -0.309 e. The molecule has 0 bridgehead atoms. The fraction of sp³-hybridized carbons (Fsp3) is 0. The highest BCUT2D eigenvalue weighted by Crippen LogP contribution is 2.55. The van der Waals surface area contributed by atoms with Crippen molar-refractivity contribution in [2.24, 2.45) is 0 Å². The summed E-state index contributed by atoms with van der Waals surface area (Å²) in [6.07, 6.45) is 0. The summed E-state index contributed by atoms with van der Waals surface area (Å²) in [6, 6.07) is 137. The molecule has 0 aliphatic carbocycles. The van der Waals surface area contributed by atoms with E-state index in [0.29, 0.717) is 46.1 Å². The number of hydrogen-bond acceptors (Lipinski definition) is 6. The fourth-order valence-corrected chi connectivity index (χ4v) is 17.7. The number of aromatic nitrogens is 11. The smallest absolute Gasteiger partial charge is 0.168 e. The number of rotatable bonds is 12. The van der Waals surface area contributed by atoms with Crippen molar-refractivity contribution >= 4 is 109 Å². The molecule has 23 rings (SSSR count). The summed E-state index contributed by atoms with van der Waals surface area (Å²) < 4.78 is 12.4. The summed E-state index contributed by atoms with van der Waals surface area (Å²) in [7, 11) is 0. The molecule has 0 radical (unpaired) electrons. The zero-order valence-corrected chi connectivity index (χ0v) is 60.8. The predicted molar refractivity (Wildman–Crippen MR) is 463 cm³/mol. The maximum Gasteiger partial charge on any atom is 0.168 e. The van der Waals surface area contributed by atoms with Crippen LogP contribution in [0.3, 0.4) is 0 Å². The minimum absolute atomic E-state index is 0.412. The van der Waals surface area contributed by atoms with E-state index >= 15 is 0 Å². The lowest BCUT2D eigenvalue weighted by atomic mass is 9.95. The number of benzene rings is 16. The van der Waals surface area contributed by atoms with E-state index in [1.165, 1.54) is 10.8 Å². The average Bonchev–Trinajstić information content (AvgIpc) is 1.55. The lowest BCUT2D eigenvalue weighted by Crippen LogP contribution is -2.18. The van der Waals surface area contributed by atoms with Gasteiger partial charge in [-0.05, 0) is 96.1 Å². The Morgan fingerprint density at radius 3 is 0.655 bits per heavy atom. The van der Waals surface area contributed by atoms with Crippen LogP contribution < -0.4 is 0 Å². The van der Waals surface area contributed by atoms with Crippen molar-refractivity contribution in [3.63, 3.8) is 0 Å². The van der Waals surface area contributed by atoms with Crippen molar-refractivity contribution < 1.29 is 0 Å². The first-order valence-electron chi connectivity index (χ1n) is 38.2. The van der Waals surface area contributed by atoms with E-state index in [4.69, 9.17) is 29.9 Å². The normalized spacial score (nSPS) is 11.9. The highest BCUT2D eigenvalue weighted by atomic mass is 15.2. The van der Waals surface area contributed by atoms with E-state index < -0.39 is 0 Å². The Balaban J connectivity index is 0.997. The van der Waals surface area contributed by atoms with Crippen LogP contribution in [0.4, 0.5) is 0 Å². The number of nitrogens with zero attached hydrogens (tertiary/aromatic N) is 11. The fourth-order valence-electron chi connectivity index (χ4n) is 17.7. The van der Waals surface area contributed by atoms with Gasteiger partial charge in [0.05, 0.1) is 89.0 Å². The van der Waals surface area contributed by atoms with Gasteiger partial charge in [0.1, 0.15) is 0 Å². The van der Waals surface area contributed by atoms with Gasteiger partial charge in [-0.15, -0.1) is 0 Å². The first-order chi connectivity index (χ1) is 56.1. The van der Waals surface area contributed by atoms with E-state index in [1.54, 1.807) is 0 Å². The van der Waals surface area contributed by atoms with Crippen LogP contribution in [0, 0.1) is 0 Å². The SMILES string of the molecule is c1ccc(-c2nc(-c3ccccc3)nc(-c3c(-n4c5ccccc5c5ccccc54)c(-c4nc(-c5ccccc5)nc(-c5ccccc5)n4)c(-n4c5ccccc5c5ccccc54)c(-n4c5ccccc5c5cc(-c6ccc7c(c6)c6ccccc6n7-c6ccccc6)ccc54)c3-n3c4ccccc4c4ccccc43)n2)cc1. The molecule has 11 heteroatoms. The molecule has 0 spiro atoms. The van der Waals surface area contributed by atoms with Crippen LogP contribution in [0.15, 0.2) is 382 Å². The van der Waals surface area contributed by atoms with E-state index in [9.17, 15) is 0 Å². The van der Waals surface area contributed by atoms with Crippen molar-refractivity contribution in [3.05, 3.63) is 382 Å². The third-order valence-corrected chi connectivity index (χ3v) is 22.6. The molecule has 0 aliphatic heterocycles. The molecule has 0 saturated heterocycles. The second kappa shape index (κ2) is 25.6. The molecule has 7 aromatic heterocycles. The Morgan fingerprint density at radius 1 is 0.142 bits per heavy atom. The highest BCUT2D eigenvalue weighted by Gasteiger charge is 2.38. The number of fused-ring (bicyclic) bond motifs is 15. The van der Waals surface area contributed by atoms with Crippen LogP contribution >= 0.6 is 0 Å². The van der Waals surface area contributed by atoms with Gasteiger partial charge in [0.2, 0.25) is 0 Å². The molecule has 0 amide bonds. The van der Waals surface area contributed by atoms with Gasteiger partial charge in [0.25, 0.3) is 0 Å². The Bertz CT molecular complexity index is 7250. The second-order valence-electron chi connectivity index (χ2n) is 28.8. The Hall–Kier alpha value is -15.5. The van der Waals surface area contributed by atoms with Crippen LogP contribution in [-0.2, 0) is 0 Å². The summed E-state index contributed by atoms with van der Waals surface area (Å²) in [5, 5.41) is 10.8. The van der Waals surface area contributed by atoms with Crippen LogP contribution in [-0.4, -0.2) is 52.7 Å². The summed E-state index contributed by atoms with van der Waals surface area (Å²) in [5.74, 6) is 2.81. The first kappa shape index (κ1) is 63.6. The predicted octanol–water partition coefficient (Wildman–Crippen LogP) is 25.2. The van der Waals surface area contributed by atoms with Gasteiger partial charge in [-0.3, -0.25) is 0 Å². The van der Waals surface area contributed by atoms with Crippen molar-refractivity contribution in [2.45, 2.75) is 0 Å². The molecular formula is C102H63N11. The maximum atomic E-state index is 6.05. The van der Waals surface area contributed by atoms with Gasteiger partial charge >= 0.3 is 0 Å². The molecule has 0 aliphatic rings. The quantitative estimate of drug-likeness (QED) is 0.121. The lowest BCUT2D eigenvalue weighted by molar-refractivity contribution is 1.01. The van der Waals surface area contributed by atoms with Crippen molar-refractivity contribution in [1.29, 1.82) is 0 Å². The maximum absolute atomic E-state index is 6.05. The van der Waals surface area contributed by atoms with Crippen molar-refractivity contribution in [1.82, 2.24) is 52.7 Å². The molecular weight excluding hydrogens is 1380 g/mol. The molecule has 0 saturated carbocycles. The van der Waals surface area contributed by atoms with E-state index in [1.807, 2.05) is 24.3 Å². The molecule has 113 heavy (non-hydrogen) atoms. The molecule has 23 aromatic rings. The number of hydrogen-bond donors (Lipinski definition) is 0. The minimum atomic E-state index is 0.412. The zero-order chi connectivity index (χ0) is 74.2. The van der Waals surface area contributed by atoms with Crippen molar-refractivity contribution in [2.75, 3.05) is 0 Å². The molecule has 0 N–H and O–H groups in total. The molecule has 526 valence electrons. The van der Waals surface area contributed by atoms with Gasteiger partial charge in [-0.2, -0.15) is 0 Å². The lowest BCUT2D eigenvalue weighted by Gasteiger charge is -2.30. The highest BCUT2D eigenvalue weighted by molar-refractivity contribution is 6.19. The topological polar surface area (TPSA) is 102 Å². The molecule has 0 atom stereocenters. The molecule has 11 nitrogen and oxygen atoms in total. The largest absolute Gasteiger partial charge is 0.309 e. The Kier molecular flexibility index (Phi) is 14.4. The standard InChI is InChI=1S/C102H63N11/c1-6-32-64(33-7-1)97-103-98(65-34-8-2-9-35-65)106-101(105-97)91-93(110-82-51-25-16-42-71(82)72-43-17-26-52-83(72)110)92(102-107-99(66-36-10-3-11-37-66)104-100(108-102)67-38-12-4-13-39-67)95(112-86-55-29-20-46-75(86)76-47-21-30-56-87(76)112)96(94(91)111-84-53-27-18-44-73(84)74-45-19-28-54-85(74)111)113-88-57-31-23-49-78(88)80-63-69(59-61-90(80)113)68-58-60-89-79(62-68)77-48-22-24-50-81(77)109(89)70-40-14-5-15-41-70/h1-63H. The summed E-state index contributed by atoms with van der Waals surface area (Å²) in [5.41, 5.74) is 21.0. The molecule has 7 heterocycles. The van der Waals surface area contributed by atoms with E-state index in [2.05, 4.69) is 381 Å². The van der Waals surface area contributed by atoms with E-state index in [0.717, 1.165) is 160 Å². The number of para-hydroxylation sites is 9. The van der Waals surface area contributed by atoms with Gasteiger partial charge in [-0.25, -0.2) is 29.9 Å². The van der Waals surface area contributed by atoms with Gasteiger partial charge < -0.3 is 22.8 Å². The van der Waals surface area contributed by atoms with Gasteiger partial charge in [0, 0.05) is 81.8 Å². The second-order valence-corrected chi connectivity index (χ2v) is 28.8. The Morgan fingerprint density at radius 2 is 0.354 bits per heavy atom. The van der Waals surface area contributed by atoms with E-state index in [-0.39, 0.29) is 0 Å². The average molecular weight is 1440 g/mol. The summed E-state index contributed by atoms with van der Waals surface area (Å²) in [6.45, 7) is 0. The van der Waals surface area contributed by atoms with Crippen LogP contribution in [0.1, 0.15) is 0 Å². The van der Waals surface area contributed by atoms with Crippen molar-refractivity contribution in [3.8, 4) is 108 Å². The van der Waals surface area contributed by atoms with Gasteiger partial charge in [0.15, 0.2) is 34.9 Å². The van der Waals surface area contributed by atoms with Crippen LogP contribution in [0.2, 0.25) is 0 Å². The molecule has 16 aromatic carbocycles. The third kappa shape index (κ3) is 9.95. The third-order valence-electron chi connectivity index (χ3n) is 22.6.